The summed E-state index contributed by atoms with van der Waals surface area (Å²) in [4.78, 5) is 4.90. The number of hydrogen-bond donors (Lipinski definition) is 0. The van der Waals surface area contributed by atoms with Gasteiger partial charge < -0.3 is 4.57 Å². The highest BCUT2D eigenvalue weighted by atomic mass is 32.1. The Labute approximate surface area is 179 Å². The van der Waals surface area contributed by atoms with Crippen LogP contribution in [0, 0.1) is 0 Å². The Hall–Kier alpha value is -3.43. The van der Waals surface area contributed by atoms with Gasteiger partial charge in [0, 0.05) is 32.3 Å². The van der Waals surface area contributed by atoms with E-state index in [0.29, 0.717) is 0 Å². The minimum Gasteiger partial charge on any atom is -0.324 e. The van der Waals surface area contributed by atoms with Crippen LogP contribution < -0.4 is 0 Å². The Morgan fingerprint density at radius 3 is 2.33 bits per heavy atom. The van der Waals surface area contributed by atoms with E-state index < -0.39 is 0 Å². The lowest BCUT2D eigenvalue weighted by atomic mass is 10.0. The number of hydrogen-bond acceptors (Lipinski definition) is 2. The van der Waals surface area contributed by atoms with Crippen LogP contribution in [0.2, 0.25) is 0 Å². The van der Waals surface area contributed by atoms with E-state index in [4.69, 9.17) is 4.98 Å². The predicted octanol–water partition coefficient (Wildman–Crippen LogP) is 7.76. The zero-order valence-corrected chi connectivity index (χ0v) is 17.5. The Bertz CT molecular complexity index is 1520. The molecule has 0 aliphatic rings. The van der Waals surface area contributed by atoms with Crippen LogP contribution in [0.3, 0.4) is 0 Å². The molecule has 0 aliphatic heterocycles. The van der Waals surface area contributed by atoms with E-state index in [2.05, 4.69) is 96.4 Å². The van der Waals surface area contributed by atoms with Crippen LogP contribution in [0.4, 0.5) is 0 Å². The van der Waals surface area contributed by atoms with Crippen molar-refractivity contribution in [3.05, 3.63) is 91.0 Å². The van der Waals surface area contributed by atoms with Crippen LogP contribution in [-0.2, 0) is 6.54 Å². The molecular formula is C27H20N2S. The Morgan fingerprint density at radius 1 is 0.733 bits per heavy atom. The first-order chi connectivity index (χ1) is 14.8. The maximum absolute atomic E-state index is 4.90. The molecule has 2 heterocycles. The third-order valence-electron chi connectivity index (χ3n) is 5.83. The summed E-state index contributed by atoms with van der Waals surface area (Å²) in [5, 5.41) is 2.68. The highest BCUT2D eigenvalue weighted by molar-refractivity contribution is 7.26. The summed E-state index contributed by atoms with van der Waals surface area (Å²) in [7, 11) is 0. The number of rotatable bonds is 3. The van der Waals surface area contributed by atoms with Crippen molar-refractivity contribution < 1.29 is 0 Å². The van der Waals surface area contributed by atoms with E-state index in [1.807, 2.05) is 17.4 Å². The van der Waals surface area contributed by atoms with Gasteiger partial charge >= 0.3 is 0 Å². The van der Waals surface area contributed by atoms with E-state index in [9.17, 15) is 0 Å². The minimum absolute atomic E-state index is 0.901. The monoisotopic (exact) mass is 404 g/mol. The molecule has 0 saturated heterocycles. The quantitative estimate of drug-likeness (QED) is 0.295. The van der Waals surface area contributed by atoms with Gasteiger partial charge in [-0.25, -0.2) is 4.98 Å². The normalized spacial score (nSPS) is 11.6. The minimum atomic E-state index is 0.901. The van der Waals surface area contributed by atoms with Gasteiger partial charge in [0.2, 0.25) is 0 Å². The van der Waals surface area contributed by atoms with Gasteiger partial charge in [-0.3, -0.25) is 0 Å². The van der Waals surface area contributed by atoms with Crippen LogP contribution in [0.5, 0.6) is 0 Å². The van der Waals surface area contributed by atoms with Crippen LogP contribution in [0.1, 0.15) is 6.92 Å². The molecular weight excluding hydrogens is 384 g/mol. The lowest BCUT2D eigenvalue weighted by Crippen LogP contribution is -1.97. The molecule has 2 aromatic heterocycles. The molecule has 0 aliphatic carbocycles. The topological polar surface area (TPSA) is 17.8 Å². The van der Waals surface area contributed by atoms with E-state index in [-0.39, 0.29) is 0 Å². The maximum atomic E-state index is 4.90. The molecule has 144 valence electrons. The van der Waals surface area contributed by atoms with Crippen LogP contribution in [0.25, 0.3) is 53.7 Å². The molecule has 3 heteroatoms. The molecule has 2 nitrogen and oxygen atoms in total. The number of benzene rings is 4. The fraction of sp³-hybridized carbons (Fsp3) is 0.0741. The Balaban J connectivity index is 1.48. The highest BCUT2D eigenvalue weighted by Crippen LogP contribution is 2.40. The molecule has 0 atom stereocenters. The third kappa shape index (κ3) is 2.59. The van der Waals surface area contributed by atoms with Gasteiger partial charge in [0.05, 0.1) is 11.0 Å². The number of para-hydroxylation sites is 2. The molecule has 0 N–H and O–H groups in total. The molecule has 0 amide bonds. The largest absolute Gasteiger partial charge is 0.324 e. The number of nitrogens with zero attached hydrogens (tertiary/aromatic N) is 2. The molecule has 30 heavy (non-hydrogen) atoms. The summed E-state index contributed by atoms with van der Waals surface area (Å²) in [6, 6.07) is 32.5. The summed E-state index contributed by atoms with van der Waals surface area (Å²) >= 11 is 1.88. The van der Waals surface area contributed by atoms with Gasteiger partial charge in [-0.2, -0.15) is 0 Å². The average molecular weight is 405 g/mol. The standard InChI is InChI=1S/C27H20N2S/c1-2-29-24-12-5-4-11-23(24)28-27(29)19-16-14-18(15-17-19)20-9-7-10-22-21-8-3-6-13-25(21)30-26(20)22/h3-17H,2H2,1H3. The van der Waals surface area contributed by atoms with E-state index in [1.54, 1.807) is 0 Å². The molecule has 0 saturated carbocycles. The zero-order chi connectivity index (χ0) is 20.1. The van der Waals surface area contributed by atoms with Gasteiger partial charge in [-0.05, 0) is 36.2 Å². The number of aryl methyl sites for hydroxylation is 1. The van der Waals surface area contributed by atoms with Gasteiger partial charge in [-0.1, -0.05) is 72.8 Å². The SMILES string of the molecule is CCn1c(-c2ccc(-c3cccc4c3sc3ccccc34)cc2)nc2ccccc21. The molecule has 4 aromatic carbocycles. The van der Waals surface area contributed by atoms with Gasteiger partial charge in [-0.15, -0.1) is 11.3 Å². The van der Waals surface area contributed by atoms with Crippen LogP contribution in [0.15, 0.2) is 91.0 Å². The smallest absolute Gasteiger partial charge is 0.141 e. The van der Waals surface area contributed by atoms with Crippen molar-refractivity contribution in [2.24, 2.45) is 0 Å². The number of thiophene rings is 1. The van der Waals surface area contributed by atoms with Crippen molar-refractivity contribution in [2.75, 3.05) is 0 Å². The summed E-state index contributed by atoms with van der Waals surface area (Å²) in [5.41, 5.74) is 5.93. The molecule has 6 rings (SSSR count). The van der Waals surface area contributed by atoms with Gasteiger partial charge in [0.1, 0.15) is 5.82 Å². The number of imidazole rings is 1. The molecule has 0 bridgehead atoms. The maximum Gasteiger partial charge on any atom is 0.141 e. The first kappa shape index (κ1) is 17.4. The Kier molecular flexibility index (Phi) is 3.96. The van der Waals surface area contributed by atoms with Gasteiger partial charge in [0.15, 0.2) is 0 Å². The zero-order valence-electron chi connectivity index (χ0n) is 16.7. The summed E-state index contributed by atoms with van der Waals surface area (Å²) in [6.07, 6.45) is 0. The second-order valence-corrected chi connectivity index (χ2v) is 8.58. The first-order valence-electron chi connectivity index (χ1n) is 10.3. The fourth-order valence-electron chi connectivity index (χ4n) is 4.39. The molecule has 0 fully saturated rings. The molecule has 0 radical (unpaired) electrons. The third-order valence-corrected chi connectivity index (χ3v) is 7.05. The van der Waals surface area contributed by atoms with Crippen molar-refractivity contribution in [3.8, 4) is 22.5 Å². The van der Waals surface area contributed by atoms with Crippen LogP contribution >= 0.6 is 11.3 Å². The molecule has 0 unspecified atom stereocenters. The van der Waals surface area contributed by atoms with E-state index in [0.717, 1.165) is 23.4 Å². The molecule has 0 spiro atoms. The lowest BCUT2D eigenvalue weighted by Gasteiger charge is -2.08. The van der Waals surface area contributed by atoms with E-state index >= 15 is 0 Å². The number of aromatic nitrogens is 2. The van der Waals surface area contributed by atoms with Crippen molar-refractivity contribution in [1.29, 1.82) is 0 Å². The first-order valence-corrected chi connectivity index (χ1v) is 11.1. The summed E-state index contributed by atoms with van der Waals surface area (Å²) < 4.78 is 4.98. The van der Waals surface area contributed by atoms with Crippen molar-refractivity contribution >= 4 is 42.5 Å². The van der Waals surface area contributed by atoms with Crippen LogP contribution in [-0.4, -0.2) is 9.55 Å². The van der Waals surface area contributed by atoms with Crippen molar-refractivity contribution in [3.63, 3.8) is 0 Å². The highest BCUT2D eigenvalue weighted by Gasteiger charge is 2.13. The lowest BCUT2D eigenvalue weighted by molar-refractivity contribution is 0.796. The number of fused-ring (bicyclic) bond motifs is 4. The van der Waals surface area contributed by atoms with Gasteiger partial charge in [0.25, 0.3) is 0 Å². The second kappa shape index (κ2) is 6.82. The predicted molar refractivity (Wildman–Crippen MR) is 129 cm³/mol. The van der Waals surface area contributed by atoms with Crippen molar-refractivity contribution in [2.45, 2.75) is 13.5 Å². The second-order valence-electron chi connectivity index (χ2n) is 7.53. The Morgan fingerprint density at radius 2 is 1.47 bits per heavy atom. The van der Waals surface area contributed by atoms with Crippen molar-refractivity contribution in [1.82, 2.24) is 9.55 Å². The average Bonchev–Trinajstić information content (AvgIpc) is 3.37. The van der Waals surface area contributed by atoms with E-state index in [1.165, 1.54) is 36.8 Å². The fourth-order valence-corrected chi connectivity index (χ4v) is 5.63. The molecule has 6 aromatic rings. The summed E-state index contributed by atoms with van der Waals surface area (Å²) in [5.74, 6) is 1.03. The summed E-state index contributed by atoms with van der Waals surface area (Å²) in [6.45, 7) is 3.08.